The van der Waals surface area contributed by atoms with E-state index in [0.717, 1.165) is 25.7 Å². The topological polar surface area (TPSA) is 73.9 Å². The Bertz CT molecular complexity index is 893. The Morgan fingerprint density at radius 2 is 1.69 bits per heavy atom. The van der Waals surface area contributed by atoms with Crippen molar-refractivity contribution in [1.82, 2.24) is 5.32 Å². The van der Waals surface area contributed by atoms with Gasteiger partial charge in [-0.3, -0.25) is 4.79 Å². The molecular weight excluding hydrogens is 377 g/mol. The van der Waals surface area contributed by atoms with Gasteiger partial charge in [-0.2, -0.15) is 0 Å². The van der Waals surface area contributed by atoms with Crippen molar-refractivity contribution in [3.05, 3.63) is 59.4 Å². The Kier molecular flexibility index (Phi) is 5.64. The second-order valence-corrected chi connectivity index (χ2v) is 7.19. The van der Waals surface area contributed by atoms with Gasteiger partial charge in [-0.15, -0.1) is 0 Å². The van der Waals surface area contributed by atoms with Crippen molar-refractivity contribution in [3.8, 4) is 11.5 Å². The third-order valence-electron chi connectivity index (χ3n) is 5.12. The van der Waals surface area contributed by atoms with Gasteiger partial charge in [0.05, 0.1) is 5.56 Å². The SMILES string of the molecule is O=C(OC(C(=O)NC1CCCC1)c1ccc(F)cc1)c1ccc2c(c1)OCCO2. The lowest BCUT2D eigenvalue weighted by Gasteiger charge is -2.21. The van der Waals surface area contributed by atoms with Gasteiger partial charge in [0.15, 0.2) is 11.5 Å². The zero-order valence-corrected chi connectivity index (χ0v) is 15.9. The van der Waals surface area contributed by atoms with Crippen LogP contribution < -0.4 is 14.8 Å². The van der Waals surface area contributed by atoms with E-state index in [9.17, 15) is 14.0 Å². The van der Waals surface area contributed by atoms with Gasteiger partial charge in [0, 0.05) is 11.6 Å². The minimum atomic E-state index is -1.17. The molecule has 2 aromatic carbocycles. The Morgan fingerprint density at radius 3 is 2.41 bits per heavy atom. The third-order valence-corrected chi connectivity index (χ3v) is 5.12. The molecule has 1 fully saturated rings. The van der Waals surface area contributed by atoms with Crippen molar-refractivity contribution in [3.63, 3.8) is 0 Å². The van der Waals surface area contributed by atoms with Gasteiger partial charge in [-0.25, -0.2) is 9.18 Å². The summed E-state index contributed by atoms with van der Waals surface area (Å²) in [7, 11) is 0. The number of hydrogen-bond donors (Lipinski definition) is 1. The van der Waals surface area contributed by atoms with Gasteiger partial charge in [0.25, 0.3) is 5.91 Å². The summed E-state index contributed by atoms with van der Waals surface area (Å²) in [6, 6.07) is 10.2. The van der Waals surface area contributed by atoms with E-state index in [1.165, 1.54) is 30.3 Å². The molecule has 1 aliphatic heterocycles. The quantitative estimate of drug-likeness (QED) is 0.779. The van der Waals surface area contributed by atoms with E-state index in [2.05, 4.69) is 5.32 Å². The van der Waals surface area contributed by atoms with E-state index in [0.29, 0.717) is 30.3 Å². The summed E-state index contributed by atoms with van der Waals surface area (Å²) >= 11 is 0. The summed E-state index contributed by atoms with van der Waals surface area (Å²) in [6.45, 7) is 0.846. The number of carbonyl (C=O) groups is 2. The van der Waals surface area contributed by atoms with E-state index in [1.807, 2.05) is 0 Å². The molecule has 29 heavy (non-hydrogen) atoms. The van der Waals surface area contributed by atoms with Crippen LogP contribution in [0.2, 0.25) is 0 Å². The number of hydrogen-bond acceptors (Lipinski definition) is 5. The third kappa shape index (κ3) is 4.50. The minimum absolute atomic E-state index is 0.0680. The molecule has 0 aromatic heterocycles. The number of nitrogens with one attached hydrogen (secondary N) is 1. The average Bonchev–Trinajstić information content (AvgIpc) is 3.25. The van der Waals surface area contributed by atoms with Gasteiger partial charge in [-0.05, 0) is 43.2 Å². The molecule has 1 saturated carbocycles. The maximum absolute atomic E-state index is 13.3. The number of benzene rings is 2. The summed E-state index contributed by atoms with van der Waals surface area (Å²) in [5.74, 6) is -0.490. The maximum atomic E-state index is 13.3. The number of carbonyl (C=O) groups excluding carboxylic acids is 2. The van der Waals surface area contributed by atoms with Crippen LogP contribution in [0.1, 0.15) is 47.7 Å². The Morgan fingerprint density at radius 1 is 1.00 bits per heavy atom. The van der Waals surface area contributed by atoms with Crippen molar-refractivity contribution in [2.75, 3.05) is 13.2 Å². The first-order chi connectivity index (χ1) is 14.1. The molecule has 2 aromatic rings. The summed E-state index contributed by atoms with van der Waals surface area (Å²) in [4.78, 5) is 25.6. The van der Waals surface area contributed by atoms with E-state index >= 15 is 0 Å². The Labute approximate surface area is 168 Å². The average molecular weight is 399 g/mol. The second kappa shape index (κ2) is 8.51. The Hall–Kier alpha value is -3.09. The fourth-order valence-electron chi connectivity index (χ4n) is 3.60. The van der Waals surface area contributed by atoms with Crippen LogP contribution in [-0.2, 0) is 9.53 Å². The van der Waals surface area contributed by atoms with Crippen molar-refractivity contribution >= 4 is 11.9 Å². The van der Waals surface area contributed by atoms with Gasteiger partial charge < -0.3 is 19.5 Å². The first kappa shape index (κ1) is 19.2. The van der Waals surface area contributed by atoms with Crippen molar-refractivity contribution in [2.24, 2.45) is 0 Å². The summed E-state index contributed by atoms with van der Waals surface area (Å²) in [6.07, 6.45) is 2.75. The molecule has 0 saturated heterocycles. The van der Waals surface area contributed by atoms with E-state index in [-0.39, 0.29) is 11.6 Å². The molecule has 0 radical (unpaired) electrons. The summed E-state index contributed by atoms with van der Waals surface area (Å²) < 4.78 is 29.8. The number of halogens is 1. The van der Waals surface area contributed by atoms with Crippen LogP contribution in [0.4, 0.5) is 4.39 Å². The second-order valence-electron chi connectivity index (χ2n) is 7.19. The fraction of sp³-hybridized carbons (Fsp3) is 0.364. The van der Waals surface area contributed by atoms with Crippen molar-refractivity contribution in [1.29, 1.82) is 0 Å². The first-order valence-corrected chi connectivity index (χ1v) is 9.76. The molecule has 6 nitrogen and oxygen atoms in total. The molecule has 7 heteroatoms. The first-order valence-electron chi connectivity index (χ1n) is 9.76. The van der Waals surface area contributed by atoms with Crippen LogP contribution in [0.15, 0.2) is 42.5 Å². The minimum Gasteiger partial charge on any atom is -0.486 e. The molecular formula is C22H22FNO5. The zero-order valence-electron chi connectivity index (χ0n) is 15.9. The number of amides is 1. The lowest BCUT2D eigenvalue weighted by atomic mass is 10.1. The molecule has 0 bridgehead atoms. The summed E-state index contributed by atoms with van der Waals surface area (Å²) in [5.41, 5.74) is 0.655. The molecule has 1 amide bonds. The number of ether oxygens (including phenoxy) is 3. The largest absolute Gasteiger partial charge is 0.486 e. The molecule has 1 atom stereocenters. The summed E-state index contributed by atoms with van der Waals surface area (Å²) in [5, 5.41) is 2.94. The Balaban J connectivity index is 1.54. The van der Waals surface area contributed by atoms with Crippen molar-refractivity contribution < 1.29 is 28.2 Å². The highest BCUT2D eigenvalue weighted by atomic mass is 19.1. The van der Waals surface area contributed by atoms with Crippen LogP contribution in [0, 0.1) is 5.82 Å². The van der Waals surface area contributed by atoms with Gasteiger partial charge in [0.1, 0.15) is 19.0 Å². The molecule has 2 aliphatic rings. The van der Waals surface area contributed by atoms with E-state index in [4.69, 9.17) is 14.2 Å². The molecule has 1 heterocycles. The van der Waals surface area contributed by atoms with Crippen LogP contribution in [0.3, 0.4) is 0 Å². The standard InChI is InChI=1S/C22H22FNO5/c23-16-8-5-14(6-9-16)20(21(25)24-17-3-1-2-4-17)29-22(26)15-7-10-18-19(13-15)28-12-11-27-18/h5-10,13,17,20H,1-4,11-12H2,(H,24,25). The monoisotopic (exact) mass is 399 g/mol. The number of fused-ring (bicyclic) bond motifs is 1. The lowest BCUT2D eigenvalue weighted by molar-refractivity contribution is -0.131. The van der Waals surface area contributed by atoms with Crippen LogP contribution in [0.25, 0.3) is 0 Å². The van der Waals surface area contributed by atoms with Crippen LogP contribution in [0.5, 0.6) is 11.5 Å². The molecule has 1 N–H and O–H groups in total. The lowest BCUT2D eigenvalue weighted by Crippen LogP contribution is -2.38. The molecule has 152 valence electrons. The van der Waals surface area contributed by atoms with Crippen molar-refractivity contribution in [2.45, 2.75) is 37.8 Å². The van der Waals surface area contributed by atoms with E-state index in [1.54, 1.807) is 12.1 Å². The highest BCUT2D eigenvalue weighted by Gasteiger charge is 2.29. The maximum Gasteiger partial charge on any atom is 0.339 e. The predicted molar refractivity (Wildman–Crippen MR) is 102 cm³/mol. The number of esters is 1. The van der Waals surface area contributed by atoms with Gasteiger partial charge >= 0.3 is 5.97 Å². The predicted octanol–water partition coefficient (Wildman–Crippen LogP) is 3.55. The van der Waals surface area contributed by atoms with Gasteiger partial charge in [-0.1, -0.05) is 25.0 Å². The van der Waals surface area contributed by atoms with Gasteiger partial charge in [0.2, 0.25) is 6.10 Å². The number of rotatable bonds is 5. The fourth-order valence-corrected chi connectivity index (χ4v) is 3.60. The van der Waals surface area contributed by atoms with Crippen LogP contribution >= 0.6 is 0 Å². The zero-order chi connectivity index (χ0) is 20.2. The normalized spacial score (nSPS) is 16.9. The highest BCUT2D eigenvalue weighted by molar-refractivity contribution is 5.93. The van der Waals surface area contributed by atoms with E-state index < -0.39 is 23.8 Å². The van der Waals surface area contributed by atoms with Crippen LogP contribution in [-0.4, -0.2) is 31.1 Å². The highest BCUT2D eigenvalue weighted by Crippen LogP contribution is 2.32. The molecule has 1 aliphatic carbocycles. The molecule has 0 spiro atoms. The molecule has 1 unspecified atom stereocenters. The smallest absolute Gasteiger partial charge is 0.339 e. The molecule has 4 rings (SSSR count).